The number of halogens is 1. The van der Waals surface area contributed by atoms with Crippen LogP contribution >= 0.6 is 23.8 Å². The molecule has 0 atom stereocenters. The van der Waals surface area contributed by atoms with Crippen molar-refractivity contribution in [1.82, 2.24) is 10.7 Å². The van der Waals surface area contributed by atoms with Gasteiger partial charge in [0.25, 0.3) is 0 Å². The first kappa shape index (κ1) is 19.1. The number of thiocarbonyl (C=S) groups is 1. The van der Waals surface area contributed by atoms with Crippen molar-refractivity contribution in [1.29, 1.82) is 0 Å². The summed E-state index contributed by atoms with van der Waals surface area (Å²) in [4.78, 5) is 0. The molecular formula is C21H20ClN3OS. The molecule has 3 rings (SSSR count). The lowest BCUT2D eigenvalue weighted by Gasteiger charge is -2.13. The van der Waals surface area contributed by atoms with E-state index in [2.05, 4.69) is 21.9 Å². The number of nitrogens with one attached hydrogen (secondary N) is 2. The van der Waals surface area contributed by atoms with Crippen molar-refractivity contribution in [3.05, 3.63) is 76.8 Å². The smallest absolute Gasteiger partial charge is 0.186 e. The predicted octanol–water partition coefficient (Wildman–Crippen LogP) is 4.89. The summed E-state index contributed by atoms with van der Waals surface area (Å²) in [6.45, 7) is 3.09. The van der Waals surface area contributed by atoms with E-state index in [1.165, 1.54) is 0 Å². The number of fused-ring (bicyclic) bond motifs is 1. The molecular weight excluding hydrogens is 378 g/mol. The van der Waals surface area contributed by atoms with Gasteiger partial charge in [-0.3, -0.25) is 5.43 Å². The minimum atomic E-state index is 0.377. The van der Waals surface area contributed by atoms with Crippen molar-refractivity contribution in [2.75, 3.05) is 6.54 Å². The van der Waals surface area contributed by atoms with Gasteiger partial charge in [0.1, 0.15) is 12.4 Å². The fourth-order valence-corrected chi connectivity index (χ4v) is 3.05. The topological polar surface area (TPSA) is 45.7 Å². The van der Waals surface area contributed by atoms with Gasteiger partial charge in [0.05, 0.1) is 6.21 Å². The van der Waals surface area contributed by atoms with Crippen LogP contribution in [0.1, 0.15) is 18.1 Å². The van der Waals surface area contributed by atoms with Gasteiger partial charge in [-0.25, -0.2) is 0 Å². The predicted molar refractivity (Wildman–Crippen MR) is 117 cm³/mol. The summed E-state index contributed by atoms with van der Waals surface area (Å²) in [5, 5.41) is 10.6. The van der Waals surface area contributed by atoms with E-state index >= 15 is 0 Å². The Labute approximate surface area is 169 Å². The maximum absolute atomic E-state index is 6.24. The normalized spacial score (nSPS) is 10.9. The van der Waals surface area contributed by atoms with Crippen LogP contribution < -0.4 is 15.5 Å². The summed E-state index contributed by atoms with van der Waals surface area (Å²) in [7, 11) is 0. The van der Waals surface area contributed by atoms with E-state index in [0.717, 1.165) is 34.2 Å². The van der Waals surface area contributed by atoms with Crippen LogP contribution in [0.5, 0.6) is 5.75 Å². The average Bonchev–Trinajstić information content (AvgIpc) is 2.68. The zero-order chi connectivity index (χ0) is 19.1. The van der Waals surface area contributed by atoms with Gasteiger partial charge in [-0.15, -0.1) is 0 Å². The molecule has 2 N–H and O–H groups in total. The molecule has 138 valence electrons. The third-order valence-corrected chi connectivity index (χ3v) is 4.57. The molecule has 3 aromatic rings. The number of rotatable bonds is 6. The number of hydrazone groups is 1. The largest absolute Gasteiger partial charge is 0.488 e. The summed E-state index contributed by atoms with van der Waals surface area (Å²) in [5.74, 6) is 0.730. The van der Waals surface area contributed by atoms with Crippen molar-refractivity contribution in [2.24, 2.45) is 5.10 Å². The van der Waals surface area contributed by atoms with Crippen molar-refractivity contribution < 1.29 is 4.74 Å². The third kappa shape index (κ3) is 4.96. The maximum atomic E-state index is 6.24. The van der Waals surface area contributed by atoms with Gasteiger partial charge < -0.3 is 10.1 Å². The van der Waals surface area contributed by atoms with E-state index < -0.39 is 0 Å². The second-order valence-electron chi connectivity index (χ2n) is 5.81. The molecule has 4 nitrogen and oxygen atoms in total. The molecule has 27 heavy (non-hydrogen) atoms. The highest BCUT2D eigenvalue weighted by molar-refractivity contribution is 7.80. The molecule has 0 aliphatic carbocycles. The second-order valence-corrected chi connectivity index (χ2v) is 6.62. The van der Waals surface area contributed by atoms with Gasteiger partial charge in [-0.1, -0.05) is 60.1 Å². The monoisotopic (exact) mass is 397 g/mol. The van der Waals surface area contributed by atoms with Gasteiger partial charge in [-0.05, 0) is 42.0 Å². The van der Waals surface area contributed by atoms with Crippen LogP contribution in [0.4, 0.5) is 0 Å². The first-order valence-corrected chi connectivity index (χ1v) is 9.42. The van der Waals surface area contributed by atoms with Crippen LogP contribution in [-0.2, 0) is 6.61 Å². The van der Waals surface area contributed by atoms with Gasteiger partial charge in [-0.2, -0.15) is 5.10 Å². The highest BCUT2D eigenvalue weighted by Crippen LogP contribution is 2.28. The minimum Gasteiger partial charge on any atom is -0.488 e. The summed E-state index contributed by atoms with van der Waals surface area (Å²) >= 11 is 11.4. The zero-order valence-electron chi connectivity index (χ0n) is 14.9. The lowest BCUT2D eigenvalue weighted by molar-refractivity contribution is 0.306. The second kappa shape index (κ2) is 9.35. The number of ether oxygens (including phenoxy) is 1. The Morgan fingerprint density at radius 3 is 2.70 bits per heavy atom. The van der Waals surface area contributed by atoms with Crippen LogP contribution in [-0.4, -0.2) is 17.9 Å². The molecule has 0 amide bonds. The highest BCUT2D eigenvalue weighted by Gasteiger charge is 2.08. The Kier molecular flexibility index (Phi) is 6.63. The molecule has 0 fully saturated rings. The summed E-state index contributed by atoms with van der Waals surface area (Å²) in [6.07, 6.45) is 1.73. The fourth-order valence-electron chi connectivity index (χ4n) is 2.66. The van der Waals surface area contributed by atoms with Crippen LogP contribution in [0.25, 0.3) is 10.8 Å². The Hall–Kier alpha value is -2.63. The van der Waals surface area contributed by atoms with Crippen molar-refractivity contribution >= 4 is 45.9 Å². The zero-order valence-corrected chi connectivity index (χ0v) is 16.5. The van der Waals surface area contributed by atoms with Gasteiger partial charge in [0, 0.05) is 22.7 Å². The van der Waals surface area contributed by atoms with E-state index in [9.17, 15) is 0 Å². The van der Waals surface area contributed by atoms with Gasteiger partial charge in [0.15, 0.2) is 5.11 Å². The SMILES string of the molecule is CCNC(=S)NN=Cc1c(OCc2ccccc2Cl)ccc2ccccc12. The molecule has 0 saturated heterocycles. The molecule has 0 aliphatic rings. The Morgan fingerprint density at radius 1 is 1.11 bits per heavy atom. The van der Waals surface area contributed by atoms with Crippen LogP contribution in [0.3, 0.4) is 0 Å². The number of hydrogen-bond acceptors (Lipinski definition) is 3. The van der Waals surface area contributed by atoms with Crippen LogP contribution in [0.15, 0.2) is 65.8 Å². The lowest BCUT2D eigenvalue weighted by Crippen LogP contribution is -2.31. The molecule has 0 aromatic heterocycles. The minimum absolute atomic E-state index is 0.377. The summed E-state index contributed by atoms with van der Waals surface area (Å²) < 4.78 is 6.07. The first-order chi connectivity index (χ1) is 13.2. The van der Waals surface area contributed by atoms with E-state index in [0.29, 0.717) is 16.7 Å². The molecule has 3 aromatic carbocycles. The average molecular weight is 398 g/mol. The maximum Gasteiger partial charge on any atom is 0.186 e. The van der Waals surface area contributed by atoms with E-state index in [1.54, 1.807) is 6.21 Å². The molecule has 0 saturated carbocycles. The van der Waals surface area contributed by atoms with Gasteiger partial charge >= 0.3 is 0 Å². The molecule has 0 aliphatic heterocycles. The molecule has 0 unspecified atom stereocenters. The van der Waals surface area contributed by atoms with E-state index in [-0.39, 0.29) is 0 Å². The van der Waals surface area contributed by atoms with Crippen molar-refractivity contribution in [3.8, 4) is 5.75 Å². The van der Waals surface area contributed by atoms with Crippen LogP contribution in [0, 0.1) is 0 Å². The Balaban J connectivity index is 1.88. The van der Waals surface area contributed by atoms with Gasteiger partial charge in [0.2, 0.25) is 0 Å². The molecule has 6 heteroatoms. The first-order valence-electron chi connectivity index (χ1n) is 8.64. The third-order valence-electron chi connectivity index (χ3n) is 3.97. The number of benzene rings is 3. The highest BCUT2D eigenvalue weighted by atomic mass is 35.5. The number of hydrogen-bond donors (Lipinski definition) is 2. The van der Waals surface area contributed by atoms with Crippen LogP contribution in [0.2, 0.25) is 5.02 Å². The molecule has 0 spiro atoms. The molecule has 0 bridgehead atoms. The summed E-state index contributed by atoms with van der Waals surface area (Å²) in [6, 6.07) is 19.7. The standard InChI is InChI=1S/C21H20ClN3OS/c1-2-23-21(27)25-24-13-18-17-9-5-3-7-15(17)11-12-20(18)26-14-16-8-4-6-10-19(16)22/h3-13H,2,14H2,1H3,(H2,23,25,27). The molecule has 0 radical (unpaired) electrons. The molecule has 0 heterocycles. The van der Waals surface area contributed by atoms with E-state index in [1.807, 2.05) is 61.5 Å². The quantitative estimate of drug-likeness (QED) is 0.353. The fraction of sp³-hybridized carbons (Fsp3) is 0.143. The number of nitrogens with zero attached hydrogens (tertiary/aromatic N) is 1. The Morgan fingerprint density at radius 2 is 1.89 bits per heavy atom. The lowest BCUT2D eigenvalue weighted by atomic mass is 10.0. The Bertz CT molecular complexity index is 975. The summed E-state index contributed by atoms with van der Waals surface area (Å²) in [5.41, 5.74) is 4.63. The van der Waals surface area contributed by atoms with E-state index in [4.69, 9.17) is 28.6 Å². The van der Waals surface area contributed by atoms with Crippen molar-refractivity contribution in [2.45, 2.75) is 13.5 Å². The van der Waals surface area contributed by atoms with Crippen molar-refractivity contribution in [3.63, 3.8) is 0 Å².